The number of phenolic OH excluding ortho intramolecular Hbond substituents is 1. The lowest BCUT2D eigenvalue weighted by atomic mass is 9.97. The Morgan fingerprint density at radius 3 is 2.04 bits per heavy atom. The second-order valence-electron chi connectivity index (χ2n) is 5.79. The lowest BCUT2D eigenvalue weighted by Gasteiger charge is -2.10. The molecule has 0 fully saturated rings. The zero-order chi connectivity index (χ0) is 19.2. The summed E-state index contributed by atoms with van der Waals surface area (Å²) in [6, 6.07) is 20.8. The molecular formula is C22H16O5. The van der Waals surface area contributed by atoms with Crippen molar-refractivity contribution in [1.29, 1.82) is 0 Å². The highest BCUT2D eigenvalue weighted by molar-refractivity contribution is 6.17. The number of esters is 1. The number of Topliss-reactive ketones (excluding diaryl/α,β-unsaturated/α-hetero) is 2. The van der Waals surface area contributed by atoms with Crippen molar-refractivity contribution in [2.75, 3.05) is 0 Å². The smallest absolute Gasteiger partial charge is 0.344 e. The molecule has 0 heterocycles. The monoisotopic (exact) mass is 360 g/mol. The molecule has 0 bridgehead atoms. The Bertz CT molecular complexity index is 978. The lowest BCUT2D eigenvalue weighted by Crippen LogP contribution is -2.16. The topological polar surface area (TPSA) is 80.7 Å². The van der Waals surface area contributed by atoms with E-state index in [4.69, 9.17) is 4.74 Å². The minimum atomic E-state index is -0.785. The lowest BCUT2D eigenvalue weighted by molar-refractivity contribution is 0.0726. The van der Waals surface area contributed by atoms with Gasteiger partial charge >= 0.3 is 5.97 Å². The number of aromatic hydroxyl groups is 1. The molecule has 134 valence electrons. The third-order valence-electron chi connectivity index (χ3n) is 3.91. The molecule has 0 saturated carbocycles. The number of phenols is 1. The third kappa shape index (κ3) is 4.27. The van der Waals surface area contributed by atoms with E-state index in [9.17, 15) is 19.5 Å². The van der Waals surface area contributed by atoms with E-state index in [1.54, 1.807) is 60.7 Å². The van der Waals surface area contributed by atoms with Gasteiger partial charge in [-0.25, -0.2) is 4.79 Å². The summed E-state index contributed by atoms with van der Waals surface area (Å²) in [5.41, 5.74) is 0.0714. The molecule has 0 amide bonds. The number of ketones is 2. The normalized spacial score (nSPS) is 10.2. The molecule has 0 spiro atoms. The molecule has 0 atom stereocenters. The molecule has 5 heteroatoms. The van der Waals surface area contributed by atoms with E-state index in [1.165, 1.54) is 18.2 Å². The summed E-state index contributed by atoms with van der Waals surface area (Å²) in [5.74, 6) is -1.89. The molecule has 0 aliphatic heterocycles. The van der Waals surface area contributed by atoms with Crippen molar-refractivity contribution in [3.05, 3.63) is 95.6 Å². The molecule has 3 rings (SSSR count). The highest BCUT2D eigenvalue weighted by Gasteiger charge is 2.24. The first kappa shape index (κ1) is 18.1. The van der Waals surface area contributed by atoms with Gasteiger partial charge in [-0.05, 0) is 24.3 Å². The molecule has 5 nitrogen and oxygen atoms in total. The van der Waals surface area contributed by atoms with Crippen molar-refractivity contribution in [2.24, 2.45) is 0 Å². The predicted octanol–water partition coefficient (Wildman–Crippen LogP) is 4.07. The number of para-hydroxylation sites is 1. The van der Waals surface area contributed by atoms with Crippen LogP contribution in [0.1, 0.15) is 37.5 Å². The van der Waals surface area contributed by atoms with E-state index in [2.05, 4.69) is 0 Å². The van der Waals surface area contributed by atoms with Crippen LogP contribution in [0, 0.1) is 0 Å². The summed E-state index contributed by atoms with van der Waals surface area (Å²) in [6.45, 7) is 0. The molecule has 0 aliphatic carbocycles. The van der Waals surface area contributed by atoms with Gasteiger partial charge in [-0.2, -0.15) is 0 Å². The van der Waals surface area contributed by atoms with E-state index in [-0.39, 0.29) is 16.9 Å². The predicted molar refractivity (Wildman–Crippen MR) is 99.2 cm³/mol. The molecule has 0 unspecified atom stereocenters. The Kier molecular flexibility index (Phi) is 5.42. The van der Waals surface area contributed by atoms with Gasteiger partial charge in [-0.3, -0.25) is 9.59 Å². The molecule has 0 aromatic heterocycles. The maximum Gasteiger partial charge on any atom is 0.344 e. The largest absolute Gasteiger partial charge is 0.507 e. The van der Waals surface area contributed by atoms with Crippen LogP contribution in [0.5, 0.6) is 11.5 Å². The Hall–Kier alpha value is -3.73. The van der Waals surface area contributed by atoms with Crippen LogP contribution in [0.15, 0.2) is 78.9 Å². The van der Waals surface area contributed by atoms with Crippen LogP contribution in [0.4, 0.5) is 0 Å². The van der Waals surface area contributed by atoms with Crippen molar-refractivity contribution in [3.8, 4) is 11.5 Å². The molecule has 0 aliphatic rings. The van der Waals surface area contributed by atoms with Gasteiger partial charge in [0.05, 0.1) is 17.5 Å². The van der Waals surface area contributed by atoms with E-state index >= 15 is 0 Å². The zero-order valence-electron chi connectivity index (χ0n) is 14.3. The molecule has 3 aromatic rings. The summed E-state index contributed by atoms with van der Waals surface area (Å²) in [6.07, 6.45) is -0.465. The van der Waals surface area contributed by atoms with Crippen LogP contribution in [-0.2, 0) is 0 Å². The summed E-state index contributed by atoms with van der Waals surface area (Å²) in [4.78, 5) is 37.4. The molecule has 1 N–H and O–H groups in total. The fraction of sp³-hybridized carbons (Fsp3) is 0.0455. The van der Waals surface area contributed by atoms with Crippen molar-refractivity contribution in [1.82, 2.24) is 0 Å². The number of hydrogen-bond acceptors (Lipinski definition) is 5. The Morgan fingerprint density at radius 2 is 1.37 bits per heavy atom. The second-order valence-corrected chi connectivity index (χ2v) is 5.79. The quantitative estimate of drug-likeness (QED) is 0.310. The highest BCUT2D eigenvalue weighted by atomic mass is 16.5. The molecule has 3 aromatic carbocycles. The number of hydrogen-bond donors (Lipinski definition) is 1. The van der Waals surface area contributed by atoms with E-state index < -0.39 is 24.0 Å². The minimum Gasteiger partial charge on any atom is -0.507 e. The average Bonchev–Trinajstić information content (AvgIpc) is 2.69. The number of carbonyl (C=O) groups is 3. The number of ether oxygens (including phenoxy) is 1. The zero-order valence-corrected chi connectivity index (χ0v) is 14.3. The number of carbonyl (C=O) groups excluding carboxylic acids is 3. The van der Waals surface area contributed by atoms with Crippen LogP contribution >= 0.6 is 0 Å². The second kappa shape index (κ2) is 8.10. The Balaban J connectivity index is 1.85. The van der Waals surface area contributed by atoms with Crippen LogP contribution in [0.2, 0.25) is 0 Å². The first-order valence-electron chi connectivity index (χ1n) is 8.27. The summed E-state index contributed by atoms with van der Waals surface area (Å²) >= 11 is 0. The fourth-order valence-corrected chi connectivity index (χ4v) is 2.61. The molecular weight excluding hydrogens is 344 g/mol. The van der Waals surface area contributed by atoms with E-state index in [1.807, 2.05) is 0 Å². The standard InChI is InChI=1S/C22H16O5/c23-18-13-7-12-17(22(26)27-16-10-5-2-6-11-16)21(18)20(25)14-19(24)15-8-3-1-4-9-15/h1-13,23H,14H2. The van der Waals surface area contributed by atoms with Gasteiger partial charge in [0, 0.05) is 5.56 Å². The molecule has 27 heavy (non-hydrogen) atoms. The summed E-state index contributed by atoms with van der Waals surface area (Å²) in [7, 11) is 0. The van der Waals surface area contributed by atoms with Crippen LogP contribution in [0.25, 0.3) is 0 Å². The van der Waals surface area contributed by atoms with Gasteiger partial charge in [0.25, 0.3) is 0 Å². The fourth-order valence-electron chi connectivity index (χ4n) is 2.61. The van der Waals surface area contributed by atoms with Crippen molar-refractivity contribution in [2.45, 2.75) is 6.42 Å². The van der Waals surface area contributed by atoms with Crippen molar-refractivity contribution >= 4 is 17.5 Å². The van der Waals surface area contributed by atoms with E-state index in [0.29, 0.717) is 11.3 Å². The van der Waals surface area contributed by atoms with Crippen LogP contribution in [0.3, 0.4) is 0 Å². The van der Waals surface area contributed by atoms with Crippen LogP contribution < -0.4 is 4.74 Å². The Labute approximate surface area is 155 Å². The summed E-state index contributed by atoms with van der Waals surface area (Å²) < 4.78 is 5.25. The summed E-state index contributed by atoms with van der Waals surface area (Å²) in [5, 5.41) is 10.1. The Morgan fingerprint density at radius 1 is 0.741 bits per heavy atom. The van der Waals surface area contributed by atoms with Gasteiger partial charge in [-0.1, -0.05) is 54.6 Å². The van der Waals surface area contributed by atoms with Crippen molar-refractivity contribution in [3.63, 3.8) is 0 Å². The van der Waals surface area contributed by atoms with Crippen molar-refractivity contribution < 1.29 is 24.2 Å². The molecule has 0 radical (unpaired) electrons. The SMILES string of the molecule is O=C(CC(=O)c1c(O)cccc1C(=O)Oc1ccccc1)c1ccccc1. The third-order valence-corrected chi connectivity index (χ3v) is 3.91. The van der Waals surface area contributed by atoms with Gasteiger partial charge in [0.1, 0.15) is 11.5 Å². The maximum atomic E-state index is 12.6. The highest BCUT2D eigenvalue weighted by Crippen LogP contribution is 2.25. The number of rotatable bonds is 6. The first-order chi connectivity index (χ1) is 13.1. The number of benzene rings is 3. The minimum absolute atomic E-state index is 0.0929. The van der Waals surface area contributed by atoms with Gasteiger partial charge < -0.3 is 9.84 Å². The van der Waals surface area contributed by atoms with Gasteiger partial charge in [-0.15, -0.1) is 0 Å². The van der Waals surface area contributed by atoms with Gasteiger partial charge in [0.15, 0.2) is 11.6 Å². The molecule has 0 saturated heterocycles. The first-order valence-corrected chi connectivity index (χ1v) is 8.27. The van der Waals surface area contributed by atoms with E-state index in [0.717, 1.165) is 0 Å². The van der Waals surface area contributed by atoms with Crippen LogP contribution in [-0.4, -0.2) is 22.6 Å². The maximum absolute atomic E-state index is 12.6. The average molecular weight is 360 g/mol. The van der Waals surface area contributed by atoms with Gasteiger partial charge in [0.2, 0.25) is 0 Å².